The first-order chi connectivity index (χ1) is 11.6. The number of nitrogens with zero attached hydrogens (tertiary/aromatic N) is 2. The van der Waals surface area contributed by atoms with E-state index in [1.807, 2.05) is 19.1 Å². The number of aromatic nitrogens is 2. The van der Waals surface area contributed by atoms with Crippen molar-refractivity contribution in [3.05, 3.63) is 35.2 Å². The molecule has 0 saturated carbocycles. The molecule has 1 amide bonds. The molecule has 0 radical (unpaired) electrons. The Kier molecular flexibility index (Phi) is 5.48. The Bertz CT molecular complexity index is 681. The van der Waals surface area contributed by atoms with Gasteiger partial charge in [-0.1, -0.05) is 11.6 Å². The van der Waals surface area contributed by atoms with Crippen LogP contribution in [0.25, 0.3) is 11.5 Å². The van der Waals surface area contributed by atoms with Gasteiger partial charge in [-0.25, -0.2) is 0 Å². The first-order valence-electron chi connectivity index (χ1n) is 8.11. The first-order valence-corrected chi connectivity index (χ1v) is 8.49. The van der Waals surface area contributed by atoms with Gasteiger partial charge in [-0.2, -0.15) is 0 Å². The maximum atomic E-state index is 12.0. The smallest absolute Gasteiger partial charge is 0.247 e. The number of carbonyl (C=O) groups is 1. The van der Waals surface area contributed by atoms with Crippen LogP contribution in [0.1, 0.15) is 32.1 Å². The maximum Gasteiger partial charge on any atom is 0.247 e. The van der Waals surface area contributed by atoms with Crippen molar-refractivity contribution in [1.29, 1.82) is 0 Å². The summed E-state index contributed by atoms with van der Waals surface area (Å²) in [5.74, 6) is 0.832. The third kappa shape index (κ3) is 4.33. The Morgan fingerprint density at radius 1 is 1.38 bits per heavy atom. The lowest BCUT2D eigenvalue weighted by atomic mass is 10.1. The van der Waals surface area contributed by atoms with E-state index in [4.69, 9.17) is 20.8 Å². The minimum atomic E-state index is -0.0377. The molecule has 1 aromatic carbocycles. The van der Waals surface area contributed by atoms with Crippen molar-refractivity contribution >= 4 is 17.5 Å². The predicted molar refractivity (Wildman–Crippen MR) is 89.6 cm³/mol. The Balaban J connectivity index is 1.49. The van der Waals surface area contributed by atoms with Crippen LogP contribution in [-0.4, -0.2) is 34.9 Å². The number of amides is 1. The molecule has 24 heavy (non-hydrogen) atoms. The van der Waals surface area contributed by atoms with Crippen molar-refractivity contribution in [2.45, 2.75) is 44.8 Å². The zero-order valence-electron chi connectivity index (χ0n) is 13.5. The number of aryl methyl sites for hydroxylation is 1. The van der Waals surface area contributed by atoms with Gasteiger partial charge in [0.1, 0.15) is 0 Å². The highest BCUT2D eigenvalue weighted by Gasteiger charge is 2.23. The third-order valence-corrected chi connectivity index (χ3v) is 4.29. The summed E-state index contributed by atoms with van der Waals surface area (Å²) in [5.41, 5.74) is 0.801. The maximum absolute atomic E-state index is 12.0. The van der Waals surface area contributed by atoms with Crippen LogP contribution in [-0.2, 0) is 16.0 Å². The summed E-state index contributed by atoms with van der Waals surface area (Å²) in [7, 11) is 0. The van der Waals surface area contributed by atoms with Gasteiger partial charge in [0.25, 0.3) is 0 Å². The molecule has 1 N–H and O–H groups in total. The van der Waals surface area contributed by atoms with Crippen LogP contribution < -0.4 is 5.32 Å². The fourth-order valence-corrected chi connectivity index (χ4v) is 2.83. The largest absolute Gasteiger partial charge is 0.421 e. The van der Waals surface area contributed by atoms with Crippen molar-refractivity contribution < 1.29 is 13.9 Å². The number of rotatable bonds is 6. The molecule has 0 spiro atoms. The van der Waals surface area contributed by atoms with Gasteiger partial charge in [0.2, 0.25) is 17.7 Å². The third-order valence-electron chi connectivity index (χ3n) is 4.04. The summed E-state index contributed by atoms with van der Waals surface area (Å²) in [5, 5.41) is 11.6. The molecule has 6 nitrogen and oxygen atoms in total. The van der Waals surface area contributed by atoms with Gasteiger partial charge in [0.05, 0.1) is 12.1 Å². The minimum absolute atomic E-state index is 0.0207. The molecule has 0 bridgehead atoms. The standard InChI is InChI=1S/C17H20ClN3O3/c1-11(14-3-2-10-23-14)19-15(22)8-9-16-20-21-17(24-16)12-4-6-13(18)7-5-12/h4-7,11,14H,2-3,8-10H2,1H3,(H,19,22). The molecule has 7 heteroatoms. The van der Waals surface area contributed by atoms with Crippen LogP contribution in [0.15, 0.2) is 28.7 Å². The molecule has 1 fully saturated rings. The summed E-state index contributed by atoms with van der Waals surface area (Å²) in [6.07, 6.45) is 2.88. The summed E-state index contributed by atoms with van der Waals surface area (Å²) in [6.45, 7) is 2.75. The van der Waals surface area contributed by atoms with E-state index < -0.39 is 0 Å². The molecule has 128 valence electrons. The Morgan fingerprint density at radius 2 is 2.17 bits per heavy atom. The van der Waals surface area contributed by atoms with Crippen LogP contribution in [0.3, 0.4) is 0 Å². The number of hydrogen-bond donors (Lipinski definition) is 1. The highest BCUT2D eigenvalue weighted by molar-refractivity contribution is 6.30. The zero-order chi connectivity index (χ0) is 16.9. The average Bonchev–Trinajstić information content (AvgIpc) is 3.25. The number of ether oxygens (including phenoxy) is 1. The molecule has 0 aliphatic carbocycles. The lowest BCUT2D eigenvalue weighted by Crippen LogP contribution is -2.40. The molecular weight excluding hydrogens is 330 g/mol. The fraction of sp³-hybridized carbons (Fsp3) is 0.471. The fourth-order valence-electron chi connectivity index (χ4n) is 2.70. The second-order valence-corrected chi connectivity index (χ2v) is 6.35. The van der Waals surface area contributed by atoms with Crippen molar-refractivity contribution in [3.63, 3.8) is 0 Å². The van der Waals surface area contributed by atoms with Crippen LogP contribution in [0.5, 0.6) is 0 Å². The van der Waals surface area contributed by atoms with Crippen molar-refractivity contribution in [1.82, 2.24) is 15.5 Å². The van der Waals surface area contributed by atoms with E-state index in [2.05, 4.69) is 15.5 Å². The second kappa shape index (κ2) is 7.77. The lowest BCUT2D eigenvalue weighted by Gasteiger charge is -2.19. The van der Waals surface area contributed by atoms with Crippen LogP contribution >= 0.6 is 11.6 Å². The molecule has 1 saturated heterocycles. The second-order valence-electron chi connectivity index (χ2n) is 5.92. The molecule has 2 atom stereocenters. The van der Waals surface area contributed by atoms with E-state index in [-0.39, 0.29) is 18.1 Å². The van der Waals surface area contributed by atoms with E-state index in [9.17, 15) is 4.79 Å². The molecule has 2 heterocycles. The van der Waals surface area contributed by atoms with Gasteiger partial charge in [-0.15, -0.1) is 10.2 Å². The van der Waals surface area contributed by atoms with Crippen molar-refractivity contribution in [3.8, 4) is 11.5 Å². The summed E-state index contributed by atoms with van der Waals surface area (Å²) in [4.78, 5) is 12.0. The first kappa shape index (κ1) is 16.9. The Morgan fingerprint density at radius 3 is 2.88 bits per heavy atom. The molecule has 3 rings (SSSR count). The molecular formula is C17H20ClN3O3. The van der Waals surface area contributed by atoms with Crippen LogP contribution in [0.2, 0.25) is 5.02 Å². The van der Waals surface area contributed by atoms with E-state index in [0.29, 0.717) is 29.6 Å². The van der Waals surface area contributed by atoms with E-state index >= 15 is 0 Å². The quantitative estimate of drug-likeness (QED) is 0.867. The van der Waals surface area contributed by atoms with Gasteiger partial charge in [0, 0.05) is 30.0 Å². The number of carbonyl (C=O) groups excluding carboxylic acids is 1. The zero-order valence-corrected chi connectivity index (χ0v) is 14.3. The number of benzene rings is 1. The van der Waals surface area contributed by atoms with Crippen LogP contribution in [0.4, 0.5) is 0 Å². The number of nitrogens with one attached hydrogen (secondary N) is 1. The molecule has 2 aromatic rings. The molecule has 1 aliphatic heterocycles. The summed E-state index contributed by atoms with van der Waals surface area (Å²) >= 11 is 5.86. The average molecular weight is 350 g/mol. The topological polar surface area (TPSA) is 77.3 Å². The summed E-state index contributed by atoms with van der Waals surface area (Å²) in [6, 6.07) is 7.18. The summed E-state index contributed by atoms with van der Waals surface area (Å²) < 4.78 is 11.2. The highest BCUT2D eigenvalue weighted by Crippen LogP contribution is 2.20. The normalized spacial score (nSPS) is 18.5. The van der Waals surface area contributed by atoms with Crippen LogP contribution in [0, 0.1) is 0 Å². The van der Waals surface area contributed by atoms with Gasteiger partial charge in [-0.05, 0) is 44.0 Å². The number of halogens is 1. The van der Waals surface area contributed by atoms with Crippen molar-refractivity contribution in [2.75, 3.05) is 6.61 Å². The van der Waals surface area contributed by atoms with Gasteiger partial charge < -0.3 is 14.5 Å². The van der Waals surface area contributed by atoms with E-state index in [1.165, 1.54) is 0 Å². The van der Waals surface area contributed by atoms with E-state index in [1.54, 1.807) is 12.1 Å². The monoisotopic (exact) mass is 349 g/mol. The molecule has 1 aromatic heterocycles. The predicted octanol–water partition coefficient (Wildman–Crippen LogP) is 3.01. The Labute approximate surface area is 145 Å². The highest BCUT2D eigenvalue weighted by atomic mass is 35.5. The molecule has 2 unspecified atom stereocenters. The number of hydrogen-bond acceptors (Lipinski definition) is 5. The lowest BCUT2D eigenvalue weighted by molar-refractivity contribution is -0.122. The minimum Gasteiger partial charge on any atom is -0.421 e. The SMILES string of the molecule is CC(NC(=O)CCc1nnc(-c2ccc(Cl)cc2)o1)C1CCCO1. The van der Waals surface area contributed by atoms with Gasteiger partial charge in [0.15, 0.2) is 0 Å². The van der Waals surface area contributed by atoms with E-state index in [0.717, 1.165) is 25.0 Å². The molecule has 1 aliphatic rings. The van der Waals surface area contributed by atoms with Crippen molar-refractivity contribution in [2.24, 2.45) is 0 Å². The Hall–Kier alpha value is -1.92. The van der Waals surface area contributed by atoms with Gasteiger partial charge in [-0.3, -0.25) is 4.79 Å². The van der Waals surface area contributed by atoms with Gasteiger partial charge >= 0.3 is 0 Å².